The van der Waals surface area contributed by atoms with Gasteiger partial charge in [-0.15, -0.1) is 0 Å². The first-order chi connectivity index (χ1) is 8.48. The van der Waals surface area contributed by atoms with Crippen molar-refractivity contribution in [3.8, 4) is 0 Å². The molecule has 0 saturated carbocycles. The SMILES string of the molecule is CCCCCCC/C=C/S(=O)(=O)NCCC(=O)O. The second-order valence-corrected chi connectivity index (χ2v) is 5.81. The van der Waals surface area contributed by atoms with Crippen molar-refractivity contribution in [1.29, 1.82) is 0 Å². The van der Waals surface area contributed by atoms with Gasteiger partial charge in [0.2, 0.25) is 10.0 Å². The fourth-order valence-electron chi connectivity index (χ4n) is 1.41. The van der Waals surface area contributed by atoms with Gasteiger partial charge in [-0.2, -0.15) is 0 Å². The van der Waals surface area contributed by atoms with Gasteiger partial charge in [-0.25, -0.2) is 13.1 Å². The zero-order valence-corrected chi connectivity index (χ0v) is 11.7. The summed E-state index contributed by atoms with van der Waals surface area (Å²) in [5, 5.41) is 9.49. The molecule has 2 N–H and O–H groups in total. The Bertz CT molecular complexity index is 349. The van der Waals surface area contributed by atoms with Gasteiger partial charge in [0, 0.05) is 12.0 Å². The highest BCUT2D eigenvalue weighted by Gasteiger charge is 2.05. The van der Waals surface area contributed by atoms with Gasteiger partial charge < -0.3 is 5.11 Å². The van der Waals surface area contributed by atoms with E-state index in [2.05, 4.69) is 11.6 Å². The summed E-state index contributed by atoms with van der Waals surface area (Å²) in [5.74, 6) is -1.02. The minimum Gasteiger partial charge on any atom is -0.481 e. The lowest BCUT2D eigenvalue weighted by molar-refractivity contribution is -0.136. The molecule has 0 aliphatic heterocycles. The molecule has 0 amide bonds. The molecule has 0 aliphatic carbocycles. The van der Waals surface area contributed by atoms with Crippen LogP contribution in [0.2, 0.25) is 0 Å². The van der Waals surface area contributed by atoms with E-state index in [0.29, 0.717) is 0 Å². The van der Waals surface area contributed by atoms with E-state index in [1.165, 1.54) is 19.3 Å². The second-order valence-electron chi connectivity index (χ2n) is 4.16. The average Bonchev–Trinajstić information content (AvgIpc) is 2.27. The highest BCUT2D eigenvalue weighted by atomic mass is 32.2. The Morgan fingerprint density at radius 2 is 1.89 bits per heavy atom. The zero-order chi connectivity index (χ0) is 13.9. The van der Waals surface area contributed by atoms with Crippen LogP contribution in [0.1, 0.15) is 51.9 Å². The molecule has 0 atom stereocenters. The van der Waals surface area contributed by atoms with Crippen molar-refractivity contribution in [3.63, 3.8) is 0 Å². The van der Waals surface area contributed by atoms with Crippen molar-refractivity contribution in [3.05, 3.63) is 11.5 Å². The molecule has 0 aromatic carbocycles. The number of carbonyl (C=O) groups is 1. The molecule has 0 aliphatic rings. The average molecular weight is 277 g/mol. The number of unbranched alkanes of at least 4 members (excludes halogenated alkanes) is 5. The molecule has 0 aromatic heterocycles. The molecule has 0 heterocycles. The highest BCUT2D eigenvalue weighted by Crippen LogP contribution is 2.05. The second kappa shape index (κ2) is 10.1. The van der Waals surface area contributed by atoms with Crippen molar-refractivity contribution >= 4 is 16.0 Å². The first-order valence-corrected chi connectivity index (χ1v) is 7.90. The quantitative estimate of drug-likeness (QED) is 0.567. The van der Waals surface area contributed by atoms with Gasteiger partial charge in [-0.1, -0.05) is 38.7 Å². The third-order valence-corrected chi connectivity index (χ3v) is 3.55. The van der Waals surface area contributed by atoms with Crippen LogP contribution in [-0.4, -0.2) is 26.0 Å². The van der Waals surface area contributed by atoms with Crippen LogP contribution in [0.15, 0.2) is 11.5 Å². The van der Waals surface area contributed by atoms with Crippen LogP contribution < -0.4 is 4.72 Å². The van der Waals surface area contributed by atoms with E-state index in [1.807, 2.05) is 0 Å². The summed E-state index contributed by atoms with van der Waals surface area (Å²) >= 11 is 0. The molecule has 0 bridgehead atoms. The molecule has 0 radical (unpaired) electrons. The molecule has 6 heteroatoms. The van der Waals surface area contributed by atoms with Crippen LogP contribution >= 0.6 is 0 Å². The fraction of sp³-hybridized carbons (Fsp3) is 0.750. The summed E-state index contributed by atoms with van der Waals surface area (Å²) in [6.45, 7) is 2.08. The summed E-state index contributed by atoms with van der Waals surface area (Å²) in [5.41, 5.74) is 0. The van der Waals surface area contributed by atoms with Crippen molar-refractivity contribution in [2.45, 2.75) is 51.9 Å². The number of sulfonamides is 1. The fourth-order valence-corrected chi connectivity index (χ4v) is 2.28. The topological polar surface area (TPSA) is 83.5 Å². The number of aliphatic carboxylic acids is 1. The molecule has 0 rings (SSSR count). The van der Waals surface area contributed by atoms with E-state index in [-0.39, 0.29) is 13.0 Å². The number of carboxylic acid groups (broad SMARTS) is 1. The minimum atomic E-state index is -3.47. The molecule has 18 heavy (non-hydrogen) atoms. The van der Waals surface area contributed by atoms with Crippen LogP contribution in [0, 0.1) is 0 Å². The van der Waals surface area contributed by atoms with Gasteiger partial charge in [-0.3, -0.25) is 4.79 Å². The summed E-state index contributed by atoms with van der Waals surface area (Å²) in [6.07, 6.45) is 7.86. The lowest BCUT2D eigenvalue weighted by Crippen LogP contribution is -2.24. The molecule has 0 spiro atoms. The third kappa shape index (κ3) is 11.6. The standard InChI is InChI=1S/C12H23NO4S/c1-2-3-4-5-6-7-8-11-18(16,17)13-10-9-12(14)15/h8,11,13H,2-7,9-10H2,1H3,(H,14,15)/b11-8+. The molecule has 0 fully saturated rings. The maximum absolute atomic E-state index is 11.4. The van der Waals surface area contributed by atoms with Gasteiger partial charge >= 0.3 is 5.97 Å². The molecule has 106 valence electrons. The van der Waals surface area contributed by atoms with Crippen molar-refractivity contribution in [2.75, 3.05) is 6.54 Å². The Hall–Kier alpha value is -0.880. The number of nitrogens with one attached hydrogen (secondary N) is 1. The maximum Gasteiger partial charge on any atom is 0.304 e. The highest BCUT2D eigenvalue weighted by molar-refractivity contribution is 7.92. The molecule has 0 unspecified atom stereocenters. The minimum absolute atomic E-state index is 0.0709. The Morgan fingerprint density at radius 3 is 2.50 bits per heavy atom. The molecular weight excluding hydrogens is 254 g/mol. The monoisotopic (exact) mass is 277 g/mol. The van der Waals surface area contributed by atoms with Gasteiger partial charge in [0.05, 0.1) is 6.42 Å². The summed E-state index contributed by atoms with van der Waals surface area (Å²) in [4.78, 5) is 10.2. The molecule has 0 saturated heterocycles. The molecule has 5 nitrogen and oxygen atoms in total. The van der Waals surface area contributed by atoms with Crippen LogP contribution in [0.3, 0.4) is 0 Å². The van der Waals surface area contributed by atoms with Crippen molar-refractivity contribution in [1.82, 2.24) is 4.72 Å². The number of allylic oxidation sites excluding steroid dienone is 1. The number of rotatable bonds is 11. The summed E-state index contributed by atoms with van der Waals surface area (Å²) in [6, 6.07) is 0. The summed E-state index contributed by atoms with van der Waals surface area (Å²) in [7, 11) is -3.47. The molecule has 0 aromatic rings. The van der Waals surface area contributed by atoms with Crippen LogP contribution in [-0.2, 0) is 14.8 Å². The zero-order valence-electron chi connectivity index (χ0n) is 10.9. The van der Waals surface area contributed by atoms with Crippen LogP contribution in [0.4, 0.5) is 0 Å². The first-order valence-electron chi connectivity index (χ1n) is 6.36. The van der Waals surface area contributed by atoms with Crippen molar-refractivity contribution < 1.29 is 18.3 Å². The normalized spacial score (nSPS) is 12.1. The van der Waals surface area contributed by atoms with E-state index in [1.54, 1.807) is 6.08 Å². The van der Waals surface area contributed by atoms with E-state index >= 15 is 0 Å². The number of hydrogen-bond acceptors (Lipinski definition) is 3. The number of carboxylic acids is 1. The van der Waals surface area contributed by atoms with Gasteiger partial charge in [0.1, 0.15) is 0 Å². The Morgan fingerprint density at radius 1 is 1.22 bits per heavy atom. The lowest BCUT2D eigenvalue weighted by atomic mass is 10.1. The Labute approximate surface area is 109 Å². The van der Waals surface area contributed by atoms with Gasteiger partial charge in [-0.05, 0) is 12.8 Å². The smallest absolute Gasteiger partial charge is 0.304 e. The third-order valence-electron chi connectivity index (χ3n) is 2.39. The van der Waals surface area contributed by atoms with Crippen LogP contribution in [0.25, 0.3) is 0 Å². The predicted octanol–water partition coefficient (Wildman–Crippen LogP) is 2.25. The van der Waals surface area contributed by atoms with Gasteiger partial charge in [0.25, 0.3) is 0 Å². The Kier molecular flexibility index (Phi) is 9.59. The van der Waals surface area contributed by atoms with E-state index < -0.39 is 16.0 Å². The van der Waals surface area contributed by atoms with E-state index in [9.17, 15) is 13.2 Å². The summed E-state index contributed by atoms with van der Waals surface area (Å²) < 4.78 is 24.9. The largest absolute Gasteiger partial charge is 0.481 e. The van der Waals surface area contributed by atoms with E-state index in [4.69, 9.17) is 5.11 Å². The van der Waals surface area contributed by atoms with Crippen LogP contribution in [0.5, 0.6) is 0 Å². The first kappa shape index (κ1) is 17.1. The number of hydrogen-bond donors (Lipinski definition) is 2. The van der Waals surface area contributed by atoms with Gasteiger partial charge in [0.15, 0.2) is 0 Å². The predicted molar refractivity (Wildman–Crippen MR) is 71.7 cm³/mol. The lowest BCUT2D eigenvalue weighted by Gasteiger charge is -2.00. The maximum atomic E-state index is 11.4. The Balaban J connectivity index is 3.70. The molecular formula is C12H23NO4S. The van der Waals surface area contributed by atoms with E-state index in [0.717, 1.165) is 24.7 Å². The van der Waals surface area contributed by atoms with Crippen molar-refractivity contribution in [2.24, 2.45) is 0 Å².